The quantitative estimate of drug-likeness (QED) is 0.383. The SMILES string of the molecule is C[C@]12C=CC(=O)C=C1CC[C@@H]1[C@@H]2[C@@H](O)C[C@@]2(C)[C@H]1C[C@H]1O[C@@H](c3ccc(NC(=O)c4cccc(CO)c4)cc3)O[C@]12C(=O)CO. The predicted molar refractivity (Wildman–Crippen MR) is 164 cm³/mol. The standard InChI is InChI=1S/C36H39NO8/c1-34-13-12-25(40)15-23(34)8-11-26-27-16-30-36(29(42)19-39,35(27,2)17-28(41)31(26)34)45-33(44-30)21-6-9-24(10-7-21)37-32(43)22-5-3-4-20(14-22)18-38/h3-7,9-10,12-15,26-28,30-31,33,38-39,41H,8,11,16-19H2,1-2H3,(H,37,43)/t26-,27-,28-,30+,31+,33+,34-,35-,36+/m0/s1. The number of ether oxygens (including phenoxy) is 2. The van der Waals surface area contributed by atoms with Crippen molar-refractivity contribution in [2.45, 2.75) is 70.2 Å². The average molecular weight is 614 g/mol. The van der Waals surface area contributed by atoms with Gasteiger partial charge in [-0.15, -0.1) is 0 Å². The Hall–Kier alpha value is -3.47. The Balaban J connectivity index is 1.14. The number of amides is 1. The number of hydrogen-bond donors (Lipinski definition) is 4. The van der Waals surface area contributed by atoms with E-state index in [1.165, 1.54) is 0 Å². The number of ketones is 2. The molecule has 236 valence electrons. The van der Waals surface area contributed by atoms with Gasteiger partial charge in [-0.05, 0) is 79.5 Å². The highest BCUT2D eigenvalue weighted by Crippen LogP contribution is 2.70. The first kappa shape index (κ1) is 30.2. The summed E-state index contributed by atoms with van der Waals surface area (Å²) in [5.74, 6) is -0.778. The molecule has 1 saturated heterocycles. The molecule has 4 N–H and O–H groups in total. The van der Waals surface area contributed by atoms with E-state index in [0.29, 0.717) is 35.2 Å². The lowest BCUT2D eigenvalue weighted by molar-refractivity contribution is -0.201. The maximum Gasteiger partial charge on any atom is 0.255 e. The van der Waals surface area contributed by atoms with Crippen LogP contribution in [-0.4, -0.2) is 57.2 Å². The van der Waals surface area contributed by atoms with Crippen LogP contribution < -0.4 is 5.32 Å². The number of hydrogen-bond acceptors (Lipinski definition) is 8. The van der Waals surface area contributed by atoms with Crippen LogP contribution in [0.3, 0.4) is 0 Å². The van der Waals surface area contributed by atoms with Crippen LogP contribution in [0.5, 0.6) is 0 Å². The molecule has 2 aromatic carbocycles. The monoisotopic (exact) mass is 613 g/mol. The van der Waals surface area contributed by atoms with Crippen LogP contribution in [0.2, 0.25) is 0 Å². The minimum atomic E-state index is -1.43. The summed E-state index contributed by atoms with van der Waals surface area (Å²) in [6, 6.07) is 13.8. The molecule has 5 aliphatic rings. The van der Waals surface area contributed by atoms with Crippen molar-refractivity contribution in [3.63, 3.8) is 0 Å². The summed E-state index contributed by atoms with van der Waals surface area (Å²) in [5, 5.41) is 34.3. The maximum absolute atomic E-state index is 13.7. The number of aliphatic hydroxyl groups excluding tert-OH is 3. The van der Waals surface area contributed by atoms with Gasteiger partial charge in [0.1, 0.15) is 6.61 Å². The van der Waals surface area contributed by atoms with Crippen molar-refractivity contribution >= 4 is 23.2 Å². The van der Waals surface area contributed by atoms with E-state index in [-0.39, 0.29) is 36.1 Å². The van der Waals surface area contributed by atoms with E-state index in [1.807, 2.05) is 13.0 Å². The molecule has 0 radical (unpaired) electrons. The third kappa shape index (κ3) is 4.43. The number of carbonyl (C=O) groups excluding carboxylic acids is 3. The van der Waals surface area contributed by atoms with Gasteiger partial charge in [0, 0.05) is 33.6 Å². The minimum Gasteiger partial charge on any atom is -0.393 e. The van der Waals surface area contributed by atoms with Crippen molar-refractivity contribution in [1.29, 1.82) is 0 Å². The number of benzene rings is 2. The Labute approximate surface area is 261 Å². The molecule has 1 heterocycles. The van der Waals surface area contributed by atoms with Gasteiger partial charge in [-0.1, -0.05) is 49.8 Å². The molecule has 1 amide bonds. The summed E-state index contributed by atoms with van der Waals surface area (Å²) in [7, 11) is 0. The van der Waals surface area contributed by atoms with E-state index in [2.05, 4.69) is 12.2 Å². The van der Waals surface area contributed by atoms with Crippen molar-refractivity contribution in [3.05, 3.63) is 89.0 Å². The molecule has 45 heavy (non-hydrogen) atoms. The first-order valence-electron chi connectivity index (χ1n) is 15.7. The molecule has 7 rings (SSSR count). The summed E-state index contributed by atoms with van der Waals surface area (Å²) in [6.45, 7) is 3.26. The number of Topliss-reactive ketones (excluding diaryl/α,β-unsaturated/α-hetero) is 1. The van der Waals surface area contributed by atoms with Crippen LogP contribution in [0, 0.1) is 28.6 Å². The van der Waals surface area contributed by atoms with Crippen molar-refractivity contribution < 1.29 is 39.2 Å². The smallest absolute Gasteiger partial charge is 0.255 e. The Kier molecular flexibility index (Phi) is 7.26. The number of aliphatic hydroxyl groups is 3. The molecule has 9 atom stereocenters. The highest BCUT2D eigenvalue weighted by Gasteiger charge is 2.75. The Morgan fingerprint density at radius 3 is 2.60 bits per heavy atom. The summed E-state index contributed by atoms with van der Waals surface area (Å²) in [6.07, 6.45) is 5.49. The van der Waals surface area contributed by atoms with Crippen LogP contribution in [0.15, 0.2) is 72.3 Å². The fourth-order valence-electron chi connectivity index (χ4n) is 9.57. The van der Waals surface area contributed by atoms with E-state index in [9.17, 15) is 29.7 Å². The molecule has 0 bridgehead atoms. The summed E-state index contributed by atoms with van der Waals surface area (Å²) in [4.78, 5) is 38.7. The molecular weight excluding hydrogens is 574 g/mol. The van der Waals surface area contributed by atoms with E-state index < -0.39 is 47.3 Å². The molecule has 4 aliphatic carbocycles. The number of anilines is 1. The third-order valence-electron chi connectivity index (χ3n) is 11.6. The number of allylic oxidation sites excluding steroid dienone is 4. The molecule has 0 unspecified atom stereocenters. The fourth-order valence-corrected chi connectivity index (χ4v) is 9.57. The van der Waals surface area contributed by atoms with Gasteiger partial charge in [-0.2, -0.15) is 0 Å². The van der Waals surface area contributed by atoms with Crippen molar-refractivity contribution in [3.8, 4) is 0 Å². The highest BCUT2D eigenvalue weighted by molar-refractivity contribution is 6.04. The number of fused-ring (bicyclic) bond motifs is 7. The second kappa shape index (κ2) is 10.8. The van der Waals surface area contributed by atoms with Gasteiger partial charge in [0.25, 0.3) is 5.91 Å². The van der Waals surface area contributed by atoms with Gasteiger partial charge in [0.15, 0.2) is 23.5 Å². The minimum absolute atomic E-state index is 0.0127. The van der Waals surface area contributed by atoms with Crippen LogP contribution in [0.25, 0.3) is 0 Å². The van der Waals surface area contributed by atoms with Gasteiger partial charge in [0.2, 0.25) is 0 Å². The topological polar surface area (TPSA) is 142 Å². The molecule has 0 aromatic heterocycles. The van der Waals surface area contributed by atoms with Crippen LogP contribution >= 0.6 is 0 Å². The molecule has 4 fully saturated rings. The zero-order valence-electron chi connectivity index (χ0n) is 25.4. The fraction of sp³-hybridized carbons (Fsp3) is 0.472. The summed E-state index contributed by atoms with van der Waals surface area (Å²) < 4.78 is 13.2. The molecule has 2 aromatic rings. The second-order valence-corrected chi connectivity index (χ2v) is 13.8. The van der Waals surface area contributed by atoms with E-state index >= 15 is 0 Å². The van der Waals surface area contributed by atoms with Crippen LogP contribution in [-0.2, 0) is 25.7 Å². The number of nitrogens with one attached hydrogen (secondary N) is 1. The predicted octanol–water partition coefficient (Wildman–Crippen LogP) is 4.03. The Bertz CT molecular complexity index is 1610. The normalized spacial score (nSPS) is 38.1. The summed E-state index contributed by atoms with van der Waals surface area (Å²) >= 11 is 0. The van der Waals surface area contributed by atoms with Gasteiger partial charge >= 0.3 is 0 Å². The van der Waals surface area contributed by atoms with Crippen LogP contribution in [0.1, 0.15) is 67.3 Å². The maximum atomic E-state index is 13.7. The van der Waals surface area contributed by atoms with Crippen molar-refractivity contribution in [1.82, 2.24) is 0 Å². The first-order valence-corrected chi connectivity index (χ1v) is 15.7. The van der Waals surface area contributed by atoms with Gasteiger partial charge < -0.3 is 30.1 Å². The van der Waals surface area contributed by atoms with E-state index in [0.717, 1.165) is 18.4 Å². The average Bonchev–Trinajstić information content (AvgIpc) is 3.54. The zero-order chi connectivity index (χ0) is 31.7. The van der Waals surface area contributed by atoms with E-state index in [4.69, 9.17) is 9.47 Å². The zero-order valence-corrected chi connectivity index (χ0v) is 25.4. The van der Waals surface area contributed by atoms with Crippen molar-refractivity contribution in [2.24, 2.45) is 28.6 Å². The second-order valence-electron chi connectivity index (χ2n) is 13.8. The molecule has 0 spiro atoms. The molecular formula is C36H39NO8. The first-order chi connectivity index (χ1) is 21.5. The molecule has 9 heteroatoms. The number of carbonyl (C=O) groups is 3. The lowest BCUT2D eigenvalue weighted by Gasteiger charge is -2.59. The van der Waals surface area contributed by atoms with Gasteiger partial charge in [0.05, 0.1) is 18.8 Å². The van der Waals surface area contributed by atoms with Gasteiger partial charge in [-0.25, -0.2) is 0 Å². The number of rotatable bonds is 6. The van der Waals surface area contributed by atoms with Crippen LogP contribution in [0.4, 0.5) is 5.69 Å². The van der Waals surface area contributed by atoms with Crippen molar-refractivity contribution in [2.75, 3.05) is 11.9 Å². The molecule has 9 nitrogen and oxygen atoms in total. The van der Waals surface area contributed by atoms with E-state index in [1.54, 1.807) is 60.7 Å². The summed E-state index contributed by atoms with van der Waals surface area (Å²) in [5.41, 5.74) is 0.709. The Morgan fingerprint density at radius 1 is 1.09 bits per heavy atom. The largest absolute Gasteiger partial charge is 0.393 e. The lowest BCUT2D eigenvalue weighted by atomic mass is 9.46. The molecule has 3 saturated carbocycles. The Morgan fingerprint density at radius 2 is 1.87 bits per heavy atom. The van der Waals surface area contributed by atoms with Gasteiger partial charge in [-0.3, -0.25) is 14.4 Å². The molecule has 1 aliphatic heterocycles. The highest BCUT2D eigenvalue weighted by atomic mass is 16.7. The lowest BCUT2D eigenvalue weighted by Crippen LogP contribution is -2.63. The third-order valence-corrected chi connectivity index (χ3v) is 11.6.